The van der Waals surface area contributed by atoms with Crippen LogP contribution in [0.5, 0.6) is 0 Å². The van der Waals surface area contributed by atoms with Crippen molar-refractivity contribution in [2.75, 3.05) is 0 Å². The first-order valence-corrected chi connectivity index (χ1v) is 11.0. The standard InChI is InChI=1S/C24H29N3O4/c1-4-19(5-2)27-21-7-6-17(24(29)25-18-10-15(3)31-23(28)13-18)12-20(21)26-22(27)11-16-8-9-30-14-16/h6-9,12,14-15,18-19H,4-5,10-11,13H2,1-3H3,(H,25,29)/t15?,18-/m0/s1. The Hall–Kier alpha value is -3.09. The van der Waals surface area contributed by atoms with E-state index < -0.39 is 0 Å². The minimum Gasteiger partial charge on any atom is -0.472 e. The van der Waals surface area contributed by atoms with Gasteiger partial charge in [-0.1, -0.05) is 13.8 Å². The number of aromatic nitrogens is 2. The molecule has 0 aliphatic carbocycles. The molecule has 3 heterocycles. The average molecular weight is 424 g/mol. The number of cyclic esters (lactones) is 1. The topological polar surface area (TPSA) is 86.4 Å². The molecule has 1 aliphatic rings. The Morgan fingerprint density at radius 3 is 2.77 bits per heavy atom. The molecule has 0 radical (unpaired) electrons. The maximum Gasteiger partial charge on any atom is 0.308 e. The summed E-state index contributed by atoms with van der Waals surface area (Å²) in [7, 11) is 0. The van der Waals surface area contributed by atoms with E-state index in [0.29, 0.717) is 24.4 Å². The van der Waals surface area contributed by atoms with E-state index in [9.17, 15) is 9.59 Å². The van der Waals surface area contributed by atoms with Gasteiger partial charge in [-0.15, -0.1) is 0 Å². The maximum atomic E-state index is 12.9. The summed E-state index contributed by atoms with van der Waals surface area (Å²) in [6, 6.07) is 7.73. The molecule has 2 atom stereocenters. The van der Waals surface area contributed by atoms with Crippen molar-refractivity contribution < 1.29 is 18.7 Å². The predicted molar refractivity (Wildman–Crippen MR) is 117 cm³/mol. The summed E-state index contributed by atoms with van der Waals surface area (Å²) in [5.74, 6) is 0.501. The Labute approximate surface area is 181 Å². The molecule has 2 aromatic heterocycles. The highest BCUT2D eigenvalue weighted by atomic mass is 16.5. The van der Waals surface area contributed by atoms with Crippen LogP contribution in [0.3, 0.4) is 0 Å². The van der Waals surface area contributed by atoms with Gasteiger partial charge in [0.05, 0.1) is 30.0 Å². The van der Waals surface area contributed by atoms with Crippen LogP contribution in [0.25, 0.3) is 11.0 Å². The van der Waals surface area contributed by atoms with E-state index in [2.05, 4.69) is 23.7 Å². The summed E-state index contributed by atoms with van der Waals surface area (Å²) in [4.78, 5) is 29.4. The minimum absolute atomic E-state index is 0.185. The van der Waals surface area contributed by atoms with Crippen LogP contribution in [0.4, 0.5) is 0 Å². The number of carbonyl (C=O) groups is 2. The molecule has 1 N–H and O–H groups in total. The minimum atomic E-state index is -0.271. The zero-order chi connectivity index (χ0) is 22.0. The van der Waals surface area contributed by atoms with E-state index in [1.165, 1.54) is 0 Å². The lowest BCUT2D eigenvalue weighted by molar-refractivity contribution is -0.153. The number of nitrogens with zero attached hydrogens (tertiary/aromatic N) is 2. The maximum absolute atomic E-state index is 12.9. The number of hydrogen-bond acceptors (Lipinski definition) is 5. The van der Waals surface area contributed by atoms with E-state index in [1.807, 2.05) is 31.2 Å². The fourth-order valence-corrected chi connectivity index (χ4v) is 4.44. The first-order valence-electron chi connectivity index (χ1n) is 11.0. The van der Waals surface area contributed by atoms with Gasteiger partial charge in [-0.05, 0) is 49.6 Å². The molecule has 1 amide bonds. The molecule has 4 rings (SSSR count). The first-order chi connectivity index (χ1) is 15.0. The Bertz CT molecular complexity index is 1070. The van der Waals surface area contributed by atoms with Gasteiger partial charge in [-0.3, -0.25) is 9.59 Å². The molecular formula is C24H29N3O4. The van der Waals surface area contributed by atoms with Crippen LogP contribution >= 0.6 is 0 Å². The van der Waals surface area contributed by atoms with Gasteiger partial charge >= 0.3 is 5.97 Å². The lowest BCUT2D eigenvalue weighted by Gasteiger charge is -2.27. The molecule has 1 fully saturated rings. The van der Waals surface area contributed by atoms with Gasteiger partial charge in [0.15, 0.2) is 0 Å². The van der Waals surface area contributed by atoms with Gasteiger partial charge in [0.1, 0.15) is 11.9 Å². The zero-order valence-electron chi connectivity index (χ0n) is 18.3. The largest absolute Gasteiger partial charge is 0.472 e. The van der Waals surface area contributed by atoms with Crippen molar-refractivity contribution in [3.63, 3.8) is 0 Å². The summed E-state index contributed by atoms with van der Waals surface area (Å²) in [5.41, 5.74) is 3.44. The van der Waals surface area contributed by atoms with Crippen molar-refractivity contribution in [1.82, 2.24) is 14.9 Å². The molecule has 31 heavy (non-hydrogen) atoms. The number of imidazole rings is 1. The summed E-state index contributed by atoms with van der Waals surface area (Å²) in [6.45, 7) is 6.20. The van der Waals surface area contributed by atoms with Crippen LogP contribution in [-0.4, -0.2) is 33.6 Å². The second kappa shape index (κ2) is 8.96. The molecular weight excluding hydrogens is 394 g/mol. The third-order valence-electron chi connectivity index (χ3n) is 5.97. The van der Waals surface area contributed by atoms with Gasteiger partial charge in [0.2, 0.25) is 0 Å². The van der Waals surface area contributed by atoms with Gasteiger partial charge in [0, 0.05) is 30.5 Å². The third-order valence-corrected chi connectivity index (χ3v) is 5.97. The molecule has 1 aromatic carbocycles. The molecule has 0 saturated carbocycles. The van der Waals surface area contributed by atoms with E-state index in [0.717, 1.165) is 35.3 Å². The van der Waals surface area contributed by atoms with Crippen molar-refractivity contribution in [3.05, 3.63) is 53.7 Å². The number of fused-ring (bicyclic) bond motifs is 1. The number of amides is 1. The molecule has 3 aromatic rings. The molecule has 0 spiro atoms. The van der Waals surface area contributed by atoms with Crippen molar-refractivity contribution in [3.8, 4) is 0 Å². The van der Waals surface area contributed by atoms with E-state index in [4.69, 9.17) is 14.1 Å². The number of nitrogens with one attached hydrogen (secondary N) is 1. The lowest BCUT2D eigenvalue weighted by atomic mass is 10.0. The number of benzene rings is 1. The van der Waals surface area contributed by atoms with Gasteiger partial charge in [-0.25, -0.2) is 4.98 Å². The molecule has 1 saturated heterocycles. The number of carbonyl (C=O) groups excluding carboxylic acids is 2. The number of rotatable bonds is 7. The second-order valence-electron chi connectivity index (χ2n) is 8.29. The Morgan fingerprint density at radius 1 is 1.29 bits per heavy atom. The molecule has 1 unspecified atom stereocenters. The van der Waals surface area contributed by atoms with Gasteiger partial charge < -0.3 is 19.0 Å². The predicted octanol–water partition coefficient (Wildman–Crippen LogP) is 4.41. The van der Waals surface area contributed by atoms with Crippen LogP contribution < -0.4 is 5.32 Å². The van der Waals surface area contributed by atoms with Crippen LogP contribution in [-0.2, 0) is 16.0 Å². The van der Waals surface area contributed by atoms with Crippen LogP contribution in [0.1, 0.15) is 74.2 Å². The third kappa shape index (κ3) is 4.50. The number of furan rings is 1. The first kappa shape index (κ1) is 21.2. The Kier molecular flexibility index (Phi) is 6.11. The smallest absolute Gasteiger partial charge is 0.308 e. The van der Waals surface area contributed by atoms with Crippen LogP contribution in [0.15, 0.2) is 41.2 Å². The molecule has 7 nitrogen and oxygen atoms in total. The van der Waals surface area contributed by atoms with E-state index in [-0.39, 0.29) is 30.4 Å². The van der Waals surface area contributed by atoms with E-state index >= 15 is 0 Å². The normalized spacial score (nSPS) is 19.0. The fraction of sp³-hybridized carbons (Fsp3) is 0.458. The summed E-state index contributed by atoms with van der Waals surface area (Å²) < 4.78 is 12.7. The highest BCUT2D eigenvalue weighted by Crippen LogP contribution is 2.28. The Morgan fingerprint density at radius 2 is 2.10 bits per heavy atom. The molecule has 7 heteroatoms. The highest BCUT2D eigenvalue weighted by molar-refractivity contribution is 5.97. The van der Waals surface area contributed by atoms with Crippen LogP contribution in [0, 0.1) is 0 Å². The number of hydrogen-bond donors (Lipinski definition) is 1. The zero-order valence-corrected chi connectivity index (χ0v) is 18.3. The quantitative estimate of drug-likeness (QED) is 0.569. The summed E-state index contributed by atoms with van der Waals surface area (Å²) in [5, 5.41) is 2.98. The summed E-state index contributed by atoms with van der Waals surface area (Å²) >= 11 is 0. The molecule has 0 bridgehead atoms. The molecule has 164 valence electrons. The average Bonchev–Trinajstić information content (AvgIpc) is 3.36. The monoisotopic (exact) mass is 423 g/mol. The second-order valence-corrected chi connectivity index (χ2v) is 8.29. The molecule has 1 aliphatic heterocycles. The highest BCUT2D eigenvalue weighted by Gasteiger charge is 2.27. The van der Waals surface area contributed by atoms with Crippen molar-refractivity contribution in [2.45, 2.75) is 71.1 Å². The van der Waals surface area contributed by atoms with Crippen LogP contribution in [0.2, 0.25) is 0 Å². The fourth-order valence-electron chi connectivity index (χ4n) is 4.44. The number of ether oxygens (including phenoxy) is 1. The SMILES string of the molecule is CCC(CC)n1c(Cc2ccoc2)nc2cc(C(=O)N[C@@H]3CC(=O)OC(C)C3)ccc21. The van der Waals surface area contributed by atoms with Crippen molar-refractivity contribution in [2.24, 2.45) is 0 Å². The Balaban J connectivity index is 1.63. The van der Waals surface area contributed by atoms with Crippen molar-refractivity contribution >= 4 is 22.9 Å². The van der Waals surface area contributed by atoms with Gasteiger partial charge in [-0.2, -0.15) is 0 Å². The summed E-state index contributed by atoms with van der Waals surface area (Å²) in [6.07, 6.45) is 6.72. The van der Waals surface area contributed by atoms with Crippen molar-refractivity contribution in [1.29, 1.82) is 0 Å². The van der Waals surface area contributed by atoms with Gasteiger partial charge in [0.25, 0.3) is 5.91 Å². The lowest BCUT2D eigenvalue weighted by Crippen LogP contribution is -2.43. The number of esters is 1. The van der Waals surface area contributed by atoms with E-state index in [1.54, 1.807) is 12.5 Å².